The van der Waals surface area contributed by atoms with Gasteiger partial charge < -0.3 is 19.3 Å². The number of halogens is 1. The molecule has 9 heteroatoms. The van der Waals surface area contributed by atoms with Gasteiger partial charge in [0, 0.05) is 33.9 Å². The third-order valence-corrected chi connectivity index (χ3v) is 6.03. The topological polar surface area (TPSA) is 118 Å². The molecule has 3 heterocycles. The highest BCUT2D eigenvalue weighted by Crippen LogP contribution is 2.38. The summed E-state index contributed by atoms with van der Waals surface area (Å²) in [5, 5.41) is 13.4. The Kier molecular flexibility index (Phi) is 5.88. The lowest BCUT2D eigenvalue weighted by Gasteiger charge is -2.24. The zero-order valence-corrected chi connectivity index (χ0v) is 19.0. The molecule has 35 heavy (non-hydrogen) atoms. The number of carboxylic acid groups (broad SMARTS) is 1. The van der Waals surface area contributed by atoms with Crippen molar-refractivity contribution in [3.8, 4) is 11.1 Å². The number of H-pyrrole nitrogens is 1. The van der Waals surface area contributed by atoms with E-state index in [2.05, 4.69) is 10.4 Å². The van der Waals surface area contributed by atoms with E-state index in [1.165, 1.54) is 11.3 Å². The Hall–Kier alpha value is -4.30. The fourth-order valence-corrected chi connectivity index (χ4v) is 4.42. The first-order valence-corrected chi connectivity index (χ1v) is 11.3. The first-order chi connectivity index (χ1) is 16.9. The van der Waals surface area contributed by atoms with E-state index in [0.717, 1.165) is 10.9 Å². The van der Waals surface area contributed by atoms with Crippen LogP contribution in [0.5, 0.6) is 0 Å². The number of benzene rings is 2. The number of carboxylic acids is 1. The molecular weight excluding hydrogens is 470 g/mol. The third-order valence-electron chi connectivity index (χ3n) is 5.80. The minimum absolute atomic E-state index is 0.275. The Balaban J connectivity index is 1.69. The summed E-state index contributed by atoms with van der Waals surface area (Å²) in [5.41, 5.74) is 5.41. The van der Waals surface area contributed by atoms with Crippen LogP contribution in [0.3, 0.4) is 0 Å². The van der Waals surface area contributed by atoms with Gasteiger partial charge in [0.15, 0.2) is 0 Å². The number of furan rings is 1. The van der Waals surface area contributed by atoms with Crippen molar-refractivity contribution in [1.29, 1.82) is 0 Å². The number of pyridine rings is 1. The summed E-state index contributed by atoms with van der Waals surface area (Å²) in [6.07, 6.45) is 2.48. The molecule has 1 atom stereocenters. The van der Waals surface area contributed by atoms with Gasteiger partial charge in [-0.25, -0.2) is 5.01 Å². The lowest BCUT2D eigenvalue weighted by Crippen LogP contribution is -2.40. The van der Waals surface area contributed by atoms with Crippen LogP contribution in [0.2, 0.25) is 5.02 Å². The summed E-state index contributed by atoms with van der Waals surface area (Å²) >= 11 is 6.31. The number of nitrogens with zero attached hydrogens (tertiary/aromatic N) is 1. The van der Waals surface area contributed by atoms with E-state index >= 15 is 0 Å². The average Bonchev–Trinajstić information content (AvgIpc) is 3.53. The standard InChI is InChI=1S/C26H20ClN3O5/c27-16-8-9-18-17(13-16)24(15-5-2-1-3-6-15)25(26(34)28-18)19-14-20(21-7-4-12-35-21)30(29-19)22(31)10-11-23(32)33/h1-9,12-14,20,29H,10-11H2,(H,28,34)(H,32,33)/p-1. The van der Waals surface area contributed by atoms with Crippen LogP contribution in [-0.4, -0.2) is 21.9 Å². The molecule has 0 saturated heterocycles. The van der Waals surface area contributed by atoms with Gasteiger partial charge in [-0.1, -0.05) is 41.9 Å². The number of fused-ring (bicyclic) bond motifs is 1. The molecule has 0 spiro atoms. The van der Waals surface area contributed by atoms with Crippen LogP contribution in [0, 0.1) is 0 Å². The zero-order valence-electron chi connectivity index (χ0n) is 18.3. The van der Waals surface area contributed by atoms with Gasteiger partial charge in [-0.15, -0.1) is 0 Å². The van der Waals surface area contributed by atoms with Gasteiger partial charge in [0.25, 0.3) is 5.56 Å². The minimum atomic E-state index is -1.32. The first-order valence-electron chi connectivity index (χ1n) is 10.9. The summed E-state index contributed by atoms with van der Waals surface area (Å²) in [6, 6.07) is 17.3. The van der Waals surface area contributed by atoms with Crippen molar-refractivity contribution in [2.75, 3.05) is 0 Å². The second-order valence-electron chi connectivity index (χ2n) is 8.05. The third kappa shape index (κ3) is 4.31. The van der Waals surface area contributed by atoms with E-state index in [1.807, 2.05) is 30.3 Å². The van der Waals surface area contributed by atoms with Crippen molar-refractivity contribution in [3.63, 3.8) is 0 Å². The lowest BCUT2D eigenvalue weighted by atomic mass is 9.94. The molecule has 0 fully saturated rings. The molecule has 2 aromatic carbocycles. The molecule has 5 rings (SSSR count). The Labute approximate surface area is 204 Å². The van der Waals surface area contributed by atoms with E-state index in [4.69, 9.17) is 16.0 Å². The van der Waals surface area contributed by atoms with Gasteiger partial charge >= 0.3 is 0 Å². The number of carbonyl (C=O) groups is 2. The highest BCUT2D eigenvalue weighted by molar-refractivity contribution is 6.31. The van der Waals surface area contributed by atoms with Gasteiger partial charge in [0.1, 0.15) is 11.8 Å². The molecule has 2 aromatic heterocycles. The van der Waals surface area contributed by atoms with Gasteiger partial charge in [-0.2, -0.15) is 0 Å². The number of aromatic nitrogens is 1. The molecule has 0 radical (unpaired) electrons. The predicted molar refractivity (Wildman–Crippen MR) is 129 cm³/mol. The number of amides is 1. The quantitative estimate of drug-likeness (QED) is 0.429. The molecule has 1 aliphatic heterocycles. The molecule has 1 aliphatic rings. The molecule has 176 valence electrons. The zero-order chi connectivity index (χ0) is 24.5. The number of nitrogens with one attached hydrogen (secondary N) is 2. The highest BCUT2D eigenvalue weighted by atomic mass is 35.5. The Morgan fingerprint density at radius 2 is 1.83 bits per heavy atom. The van der Waals surface area contributed by atoms with Crippen molar-refractivity contribution in [2.45, 2.75) is 18.9 Å². The first kappa shape index (κ1) is 22.5. The molecule has 0 saturated carbocycles. The maximum Gasteiger partial charge on any atom is 0.258 e. The lowest BCUT2D eigenvalue weighted by molar-refractivity contribution is -0.305. The van der Waals surface area contributed by atoms with Gasteiger partial charge in [0.2, 0.25) is 5.91 Å². The Bertz CT molecular complexity index is 1510. The van der Waals surface area contributed by atoms with Crippen LogP contribution in [-0.2, 0) is 9.59 Å². The summed E-state index contributed by atoms with van der Waals surface area (Å²) in [4.78, 5) is 40.1. The van der Waals surface area contributed by atoms with Crippen molar-refractivity contribution in [2.24, 2.45) is 0 Å². The summed E-state index contributed by atoms with van der Waals surface area (Å²) in [7, 11) is 0. The van der Waals surface area contributed by atoms with Crippen LogP contribution in [0.15, 0.2) is 82.2 Å². The van der Waals surface area contributed by atoms with Crippen molar-refractivity contribution >= 4 is 40.1 Å². The molecule has 0 bridgehead atoms. The van der Waals surface area contributed by atoms with Gasteiger partial charge in [-0.3, -0.25) is 15.0 Å². The fraction of sp³-hybridized carbons (Fsp3) is 0.115. The number of aromatic amines is 1. The SMILES string of the molecule is O=C([O-])CCC(=O)N1NC(c2c(-c3ccccc3)c3cc(Cl)ccc3[nH]c2=O)=CC1c1ccco1. The van der Waals surface area contributed by atoms with E-state index in [1.54, 1.807) is 36.4 Å². The van der Waals surface area contributed by atoms with Crippen LogP contribution >= 0.6 is 11.6 Å². The van der Waals surface area contributed by atoms with E-state index in [0.29, 0.717) is 33.1 Å². The van der Waals surface area contributed by atoms with Crippen molar-refractivity contribution < 1.29 is 19.1 Å². The van der Waals surface area contributed by atoms with Crippen LogP contribution < -0.4 is 16.1 Å². The summed E-state index contributed by atoms with van der Waals surface area (Å²) in [5.74, 6) is -1.35. The minimum Gasteiger partial charge on any atom is -0.550 e. The van der Waals surface area contributed by atoms with Crippen molar-refractivity contribution in [3.05, 3.63) is 99.7 Å². The van der Waals surface area contributed by atoms with E-state index in [-0.39, 0.29) is 12.0 Å². The predicted octanol–water partition coefficient (Wildman–Crippen LogP) is 3.40. The van der Waals surface area contributed by atoms with Crippen LogP contribution in [0.1, 0.15) is 30.2 Å². The molecular formula is C26H19ClN3O5-. The number of hydrogen-bond acceptors (Lipinski definition) is 6. The molecule has 1 amide bonds. The Morgan fingerprint density at radius 1 is 1.03 bits per heavy atom. The number of carbonyl (C=O) groups excluding carboxylic acids is 2. The molecule has 0 aliphatic carbocycles. The monoisotopic (exact) mass is 488 g/mol. The maximum atomic E-state index is 13.4. The van der Waals surface area contributed by atoms with Gasteiger partial charge in [-0.05, 0) is 48.4 Å². The molecule has 1 unspecified atom stereocenters. The van der Waals surface area contributed by atoms with Crippen LogP contribution in [0.25, 0.3) is 27.7 Å². The molecule has 2 N–H and O–H groups in total. The molecule has 4 aromatic rings. The fourth-order valence-electron chi connectivity index (χ4n) is 4.25. The van der Waals surface area contributed by atoms with E-state index in [9.17, 15) is 19.5 Å². The molecule has 8 nitrogen and oxygen atoms in total. The second kappa shape index (κ2) is 9.15. The smallest absolute Gasteiger partial charge is 0.258 e. The summed E-state index contributed by atoms with van der Waals surface area (Å²) < 4.78 is 5.53. The number of aliphatic carboxylic acids is 1. The number of hydrazine groups is 1. The second-order valence-corrected chi connectivity index (χ2v) is 8.48. The summed E-state index contributed by atoms with van der Waals surface area (Å²) in [6.45, 7) is 0. The largest absolute Gasteiger partial charge is 0.550 e. The number of hydrogen-bond donors (Lipinski definition) is 2. The highest BCUT2D eigenvalue weighted by Gasteiger charge is 2.34. The van der Waals surface area contributed by atoms with Gasteiger partial charge in [0.05, 0.1) is 17.5 Å². The number of rotatable bonds is 6. The van der Waals surface area contributed by atoms with E-state index < -0.39 is 24.3 Å². The average molecular weight is 489 g/mol. The van der Waals surface area contributed by atoms with Crippen molar-refractivity contribution in [1.82, 2.24) is 15.4 Å². The normalized spacial score (nSPS) is 15.2. The Morgan fingerprint density at radius 3 is 2.54 bits per heavy atom. The van der Waals surface area contributed by atoms with Crippen LogP contribution in [0.4, 0.5) is 0 Å². The maximum absolute atomic E-state index is 13.4.